The third-order valence-electron chi connectivity index (χ3n) is 8.14. The van der Waals surface area contributed by atoms with Gasteiger partial charge in [0.2, 0.25) is 0 Å². The first kappa shape index (κ1) is 45.0. The molecule has 0 fully saturated rings. The Bertz CT molecular complexity index is 774. The van der Waals surface area contributed by atoms with Crippen LogP contribution in [0.1, 0.15) is 168 Å². The molecule has 0 aliphatic rings. The summed E-state index contributed by atoms with van der Waals surface area (Å²) in [5, 5.41) is 0. The van der Waals surface area contributed by atoms with Gasteiger partial charge in [0.1, 0.15) is 19.8 Å². The topological polar surface area (TPSA) is 108 Å². The molecule has 0 saturated carbocycles. The molecular weight excluding hydrogens is 605 g/mol. The second-order valence-electron chi connectivity index (χ2n) is 14.0. The molecule has 0 rings (SSSR count). The van der Waals surface area contributed by atoms with Gasteiger partial charge in [0.25, 0.3) is 0 Å². The van der Waals surface area contributed by atoms with Gasteiger partial charge in [-0.1, -0.05) is 142 Å². The quantitative estimate of drug-likeness (QED) is 0.0310. The fraction of sp³-hybridized carbons (Fsp3) is 0.944. The number of hydrogen-bond acceptors (Lipinski definition) is 7. The van der Waals surface area contributed by atoms with E-state index < -0.39 is 26.5 Å². The summed E-state index contributed by atoms with van der Waals surface area (Å²) >= 11 is 0. The number of phosphoric ester groups is 1. The number of hydrogen-bond donors (Lipinski definition) is 1. The summed E-state index contributed by atoms with van der Waals surface area (Å²) in [5.74, 6) is -0.819. The summed E-state index contributed by atoms with van der Waals surface area (Å²) in [6.45, 7) is 4.25. The number of carbonyl (C=O) groups is 2. The van der Waals surface area contributed by atoms with Gasteiger partial charge in [0.05, 0.1) is 27.7 Å². The van der Waals surface area contributed by atoms with Crippen LogP contribution in [-0.2, 0) is 32.7 Å². The molecule has 0 aromatic rings. The van der Waals surface area contributed by atoms with Gasteiger partial charge in [-0.25, -0.2) is 4.57 Å². The van der Waals surface area contributed by atoms with Crippen molar-refractivity contribution in [3.63, 3.8) is 0 Å². The molecule has 0 aliphatic heterocycles. The number of phosphoric acid groups is 1. The highest BCUT2D eigenvalue weighted by Crippen LogP contribution is 2.43. The van der Waals surface area contributed by atoms with Crippen LogP contribution in [0.15, 0.2) is 0 Å². The molecule has 0 bridgehead atoms. The smallest absolute Gasteiger partial charge is 0.462 e. The SMILES string of the molecule is CCCCCCCCCCCCCCCCCCCCCC(=O)OC(COC(=O)CCCCC)COP(=O)(O)OCC[N+](C)(C)C. The average molecular weight is 679 g/mol. The van der Waals surface area contributed by atoms with Gasteiger partial charge < -0.3 is 18.9 Å². The van der Waals surface area contributed by atoms with E-state index in [2.05, 4.69) is 13.8 Å². The van der Waals surface area contributed by atoms with Crippen LogP contribution in [-0.4, -0.2) is 74.9 Å². The van der Waals surface area contributed by atoms with Crippen LogP contribution in [0.2, 0.25) is 0 Å². The molecule has 0 amide bonds. The molecule has 1 N–H and O–H groups in total. The molecule has 0 radical (unpaired) electrons. The Labute approximate surface area is 283 Å². The average Bonchev–Trinajstić information content (AvgIpc) is 2.99. The van der Waals surface area contributed by atoms with Crippen LogP contribution in [0.5, 0.6) is 0 Å². The van der Waals surface area contributed by atoms with Crippen molar-refractivity contribution in [2.45, 2.75) is 174 Å². The molecule has 2 atom stereocenters. The van der Waals surface area contributed by atoms with Crippen LogP contribution in [0.3, 0.4) is 0 Å². The van der Waals surface area contributed by atoms with E-state index in [4.69, 9.17) is 18.5 Å². The molecule has 0 saturated heterocycles. The van der Waals surface area contributed by atoms with E-state index in [1.165, 1.54) is 103 Å². The predicted molar refractivity (Wildman–Crippen MR) is 188 cm³/mol. The van der Waals surface area contributed by atoms with Crippen LogP contribution in [0.25, 0.3) is 0 Å². The van der Waals surface area contributed by atoms with E-state index in [9.17, 15) is 19.0 Å². The van der Waals surface area contributed by atoms with E-state index >= 15 is 0 Å². The Morgan fingerprint density at radius 3 is 1.43 bits per heavy atom. The molecule has 274 valence electrons. The number of likely N-dealkylation sites (N-methyl/N-ethyl adjacent to an activating group) is 1. The van der Waals surface area contributed by atoms with Crippen LogP contribution >= 0.6 is 7.82 Å². The fourth-order valence-electron chi connectivity index (χ4n) is 5.13. The second kappa shape index (κ2) is 30.1. The van der Waals surface area contributed by atoms with Crippen LogP contribution in [0, 0.1) is 0 Å². The van der Waals surface area contributed by atoms with Crippen molar-refractivity contribution in [3.05, 3.63) is 0 Å². The zero-order chi connectivity index (χ0) is 34.4. The first-order valence-corrected chi connectivity index (χ1v) is 20.3. The molecule has 46 heavy (non-hydrogen) atoms. The second-order valence-corrected chi connectivity index (χ2v) is 15.4. The Morgan fingerprint density at radius 1 is 0.587 bits per heavy atom. The minimum absolute atomic E-state index is 0.0353. The monoisotopic (exact) mass is 679 g/mol. The summed E-state index contributed by atoms with van der Waals surface area (Å²) in [6, 6.07) is 0. The minimum atomic E-state index is -4.34. The highest BCUT2D eigenvalue weighted by molar-refractivity contribution is 7.47. The molecule has 0 aliphatic carbocycles. The molecule has 9 nitrogen and oxygen atoms in total. The normalized spacial score (nSPS) is 13.8. The zero-order valence-corrected chi connectivity index (χ0v) is 31.5. The molecular formula is C36H73NO8P+. The third kappa shape index (κ3) is 32.9. The molecule has 2 unspecified atom stereocenters. The standard InChI is InChI=1S/C36H72NO8P/c1-6-8-10-11-12-13-14-15-16-17-18-19-20-21-22-23-24-25-27-29-36(39)45-34(32-42-35(38)28-26-9-7-2)33-44-46(40,41)43-31-30-37(3,4)5/h34H,6-33H2,1-5H3/p+1. The van der Waals surface area contributed by atoms with Crippen molar-refractivity contribution in [3.8, 4) is 0 Å². The summed E-state index contributed by atoms with van der Waals surface area (Å²) in [7, 11) is 1.48. The third-order valence-corrected chi connectivity index (χ3v) is 9.12. The Morgan fingerprint density at radius 2 is 0.978 bits per heavy atom. The fourth-order valence-corrected chi connectivity index (χ4v) is 5.87. The first-order valence-electron chi connectivity index (χ1n) is 18.8. The van der Waals surface area contributed by atoms with Crippen LogP contribution < -0.4 is 0 Å². The number of rotatable bonds is 34. The maximum absolute atomic E-state index is 12.5. The van der Waals surface area contributed by atoms with E-state index in [0.717, 1.165) is 32.1 Å². The Kier molecular flexibility index (Phi) is 29.4. The lowest BCUT2D eigenvalue weighted by Crippen LogP contribution is -2.37. The summed E-state index contributed by atoms with van der Waals surface area (Å²) < 4.78 is 33.8. The number of unbranched alkanes of at least 4 members (excludes halogenated alkanes) is 20. The van der Waals surface area contributed by atoms with Gasteiger partial charge in [-0.2, -0.15) is 0 Å². The molecule has 0 heterocycles. The number of ether oxygens (including phenoxy) is 2. The van der Waals surface area contributed by atoms with Crippen molar-refractivity contribution in [1.29, 1.82) is 0 Å². The van der Waals surface area contributed by atoms with Gasteiger partial charge in [-0.15, -0.1) is 0 Å². The van der Waals surface area contributed by atoms with Crippen LogP contribution in [0.4, 0.5) is 0 Å². The molecule has 10 heteroatoms. The predicted octanol–water partition coefficient (Wildman–Crippen LogP) is 9.68. The lowest BCUT2D eigenvalue weighted by Gasteiger charge is -2.24. The highest BCUT2D eigenvalue weighted by atomic mass is 31.2. The zero-order valence-electron chi connectivity index (χ0n) is 30.6. The van der Waals surface area contributed by atoms with Crippen molar-refractivity contribution in [1.82, 2.24) is 0 Å². The molecule has 0 aromatic carbocycles. The van der Waals surface area contributed by atoms with E-state index in [0.29, 0.717) is 17.4 Å². The van der Waals surface area contributed by atoms with Crippen molar-refractivity contribution >= 4 is 19.8 Å². The lowest BCUT2D eigenvalue weighted by atomic mass is 10.0. The minimum Gasteiger partial charge on any atom is -0.462 e. The van der Waals surface area contributed by atoms with Crippen molar-refractivity contribution in [2.75, 3.05) is 47.5 Å². The summed E-state index contributed by atoms with van der Waals surface area (Å²) in [6.07, 6.45) is 26.6. The molecule has 0 spiro atoms. The maximum atomic E-state index is 12.5. The maximum Gasteiger partial charge on any atom is 0.472 e. The largest absolute Gasteiger partial charge is 0.472 e. The number of carbonyl (C=O) groups excluding carboxylic acids is 2. The van der Waals surface area contributed by atoms with Crippen molar-refractivity contribution < 1.29 is 42.1 Å². The van der Waals surface area contributed by atoms with Gasteiger partial charge in [0.15, 0.2) is 6.10 Å². The Balaban J connectivity index is 4.09. The number of esters is 2. The van der Waals surface area contributed by atoms with E-state index in [1.807, 2.05) is 21.1 Å². The van der Waals surface area contributed by atoms with Gasteiger partial charge in [-0.05, 0) is 12.8 Å². The Hall–Kier alpha value is -0.990. The van der Waals surface area contributed by atoms with Gasteiger partial charge in [0, 0.05) is 12.8 Å². The molecule has 0 aromatic heterocycles. The van der Waals surface area contributed by atoms with Gasteiger partial charge >= 0.3 is 19.8 Å². The van der Waals surface area contributed by atoms with E-state index in [1.54, 1.807) is 0 Å². The number of quaternary nitrogens is 1. The van der Waals surface area contributed by atoms with Gasteiger partial charge in [-0.3, -0.25) is 18.6 Å². The van der Waals surface area contributed by atoms with E-state index in [-0.39, 0.29) is 32.0 Å². The first-order chi connectivity index (χ1) is 22.0. The number of nitrogens with zero attached hydrogens (tertiary/aromatic N) is 1. The highest BCUT2D eigenvalue weighted by Gasteiger charge is 2.27. The van der Waals surface area contributed by atoms with Crippen molar-refractivity contribution in [2.24, 2.45) is 0 Å². The summed E-state index contributed by atoms with van der Waals surface area (Å²) in [4.78, 5) is 34.6. The summed E-state index contributed by atoms with van der Waals surface area (Å²) in [5.41, 5.74) is 0. The lowest BCUT2D eigenvalue weighted by molar-refractivity contribution is -0.870.